The molecule has 1 aliphatic rings. The lowest BCUT2D eigenvalue weighted by Gasteiger charge is -2.36. The number of carbonyl (C=O) groups is 1. The summed E-state index contributed by atoms with van der Waals surface area (Å²) in [5, 5.41) is 0.725. The van der Waals surface area contributed by atoms with Gasteiger partial charge >= 0.3 is 0 Å². The molecule has 6 rings (SSSR count). The van der Waals surface area contributed by atoms with E-state index in [1.807, 2.05) is 77.7 Å². The van der Waals surface area contributed by atoms with Gasteiger partial charge in [-0.1, -0.05) is 60.1 Å². The molecule has 0 aliphatic carbocycles. The molecule has 1 aromatic heterocycles. The van der Waals surface area contributed by atoms with Crippen molar-refractivity contribution in [2.45, 2.75) is 13.0 Å². The minimum Gasteiger partial charge on any atom is -0.493 e. The zero-order valence-electron chi connectivity index (χ0n) is 22.2. The predicted octanol–water partition coefficient (Wildman–Crippen LogP) is 6.32. The summed E-state index contributed by atoms with van der Waals surface area (Å²) >= 11 is 6.15. The Balaban J connectivity index is 1.22. The third kappa shape index (κ3) is 5.82. The first-order valence-electron chi connectivity index (χ1n) is 13.6. The first kappa shape index (κ1) is 26.0. The van der Waals surface area contributed by atoms with Crippen LogP contribution in [0.1, 0.15) is 21.7 Å². The molecule has 7 heteroatoms. The van der Waals surface area contributed by atoms with E-state index in [4.69, 9.17) is 21.3 Å². The second kappa shape index (κ2) is 11.8. The number of fused-ring (bicyclic) bond motifs is 1. The summed E-state index contributed by atoms with van der Waals surface area (Å²) < 4.78 is 8.28. The maximum Gasteiger partial charge on any atom is 0.253 e. The van der Waals surface area contributed by atoms with Gasteiger partial charge in [0.15, 0.2) is 0 Å². The summed E-state index contributed by atoms with van der Waals surface area (Å²) in [5.74, 6) is 1.94. The van der Waals surface area contributed by atoms with Crippen molar-refractivity contribution in [1.82, 2.24) is 14.5 Å². The second-order valence-corrected chi connectivity index (χ2v) is 10.4. The zero-order valence-corrected chi connectivity index (χ0v) is 23.0. The Hall–Kier alpha value is -4.29. The summed E-state index contributed by atoms with van der Waals surface area (Å²) in [7, 11) is 0. The molecule has 2 heterocycles. The minimum absolute atomic E-state index is 0.0964. The monoisotopic (exact) mass is 550 g/mol. The fourth-order valence-electron chi connectivity index (χ4n) is 5.21. The number of imidazole rings is 1. The van der Waals surface area contributed by atoms with Gasteiger partial charge in [0.05, 0.1) is 17.6 Å². The van der Waals surface area contributed by atoms with Crippen molar-refractivity contribution in [3.05, 3.63) is 125 Å². The highest BCUT2D eigenvalue weighted by Crippen LogP contribution is 2.26. The third-order valence-corrected chi connectivity index (χ3v) is 7.61. The number of carbonyl (C=O) groups excluding carboxylic acids is 1. The SMILES string of the molecule is O=C(c1ccccc1)N1CCN(c2ccc3nc(CCOc4ccccc4)n(Cc4ccc(Cl)cc4)c3c2)CC1. The largest absolute Gasteiger partial charge is 0.493 e. The van der Waals surface area contributed by atoms with E-state index in [0.29, 0.717) is 32.7 Å². The molecule has 6 nitrogen and oxygen atoms in total. The maximum absolute atomic E-state index is 12.9. The van der Waals surface area contributed by atoms with Crippen molar-refractivity contribution in [1.29, 1.82) is 0 Å². The molecule has 1 aliphatic heterocycles. The van der Waals surface area contributed by atoms with E-state index in [-0.39, 0.29) is 5.91 Å². The Morgan fingerprint density at radius 3 is 2.25 bits per heavy atom. The number of hydrogen-bond acceptors (Lipinski definition) is 4. The number of benzene rings is 4. The fraction of sp³-hybridized carbons (Fsp3) is 0.212. The number of ether oxygens (including phenoxy) is 1. The Morgan fingerprint density at radius 1 is 0.825 bits per heavy atom. The van der Waals surface area contributed by atoms with E-state index in [9.17, 15) is 4.79 Å². The maximum atomic E-state index is 12.9. The van der Waals surface area contributed by atoms with E-state index >= 15 is 0 Å². The van der Waals surface area contributed by atoms with Crippen LogP contribution in [0.2, 0.25) is 5.02 Å². The van der Waals surface area contributed by atoms with Gasteiger partial charge < -0.3 is 19.1 Å². The lowest BCUT2D eigenvalue weighted by Crippen LogP contribution is -2.48. The molecule has 0 spiro atoms. The van der Waals surface area contributed by atoms with Gasteiger partial charge in [0.2, 0.25) is 0 Å². The van der Waals surface area contributed by atoms with Crippen LogP contribution in [0.15, 0.2) is 103 Å². The van der Waals surface area contributed by atoms with Crippen LogP contribution in [0.3, 0.4) is 0 Å². The van der Waals surface area contributed by atoms with Gasteiger partial charge in [-0.25, -0.2) is 4.98 Å². The molecule has 1 fully saturated rings. The number of anilines is 1. The number of para-hydroxylation sites is 1. The standard InChI is InChI=1S/C33H31ClN4O2/c34-27-13-11-25(12-14-27)24-38-31-23-28(36-18-20-37(21-19-36)33(39)26-7-3-1-4-8-26)15-16-30(31)35-32(38)17-22-40-29-9-5-2-6-10-29/h1-16,23H,17-22,24H2. The Kier molecular flexibility index (Phi) is 7.69. The van der Waals surface area contributed by atoms with E-state index in [2.05, 4.69) is 39.8 Å². The zero-order chi connectivity index (χ0) is 27.3. The number of nitrogens with zero attached hydrogens (tertiary/aromatic N) is 4. The van der Waals surface area contributed by atoms with Crippen LogP contribution in [0.5, 0.6) is 5.75 Å². The predicted molar refractivity (Wildman–Crippen MR) is 160 cm³/mol. The molecule has 1 saturated heterocycles. The van der Waals surface area contributed by atoms with Crippen LogP contribution in [0, 0.1) is 0 Å². The third-order valence-electron chi connectivity index (χ3n) is 7.36. The molecule has 0 N–H and O–H groups in total. The van der Waals surface area contributed by atoms with Gasteiger partial charge in [-0.05, 0) is 60.2 Å². The fourth-order valence-corrected chi connectivity index (χ4v) is 5.33. The van der Waals surface area contributed by atoms with Crippen LogP contribution in [-0.4, -0.2) is 53.1 Å². The quantitative estimate of drug-likeness (QED) is 0.227. The van der Waals surface area contributed by atoms with E-state index in [0.717, 1.165) is 57.5 Å². The number of aromatic nitrogens is 2. The van der Waals surface area contributed by atoms with Crippen LogP contribution >= 0.6 is 11.6 Å². The van der Waals surface area contributed by atoms with Gasteiger partial charge in [-0.2, -0.15) is 0 Å². The highest BCUT2D eigenvalue weighted by molar-refractivity contribution is 6.30. The van der Waals surface area contributed by atoms with Crippen molar-refractivity contribution in [3.63, 3.8) is 0 Å². The summed E-state index contributed by atoms with van der Waals surface area (Å²) in [4.78, 5) is 22.2. The smallest absolute Gasteiger partial charge is 0.253 e. The van der Waals surface area contributed by atoms with E-state index in [1.165, 1.54) is 0 Å². The number of hydrogen-bond donors (Lipinski definition) is 0. The van der Waals surface area contributed by atoms with Gasteiger partial charge in [-0.15, -0.1) is 0 Å². The lowest BCUT2D eigenvalue weighted by atomic mass is 10.1. The average molecular weight is 551 g/mol. The molecule has 202 valence electrons. The number of piperazine rings is 1. The summed E-state index contributed by atoms with van der Waals surface area (Å²) in [6.45, 7) is 4.19. The second-order valence-electron chi connectivity index (χ2n) is 9.97. The van der Waals surface area contributed by atoms with E-state index < -0.39 is 0 Å². The normalized spacial score (nSPS) is 13.5. The molecule has 0 radical (unpaired) electrons. The van der Waals surface area contributed by atoms with Crippen molar-refractivity contribution < 1.29 is 9.53 Å². The van der Waals surface area contributed by atoms with Crippen LogP contribution < -0.4 is 9.64 Å². The highest BCUT2D eigenvalue weighted by Gasteiger charge is 2.23. The molecular weight excluding hydrogens is 520 g/mol. The molecule has 40 heavy (non-hydrogen) atoms. The Bertz CT molecular complexity index is 1580. The summed E-state index contributed by atoms with van der Waals surface area (Å²) in [6, 6.07) is 33.8. The van der Waals surface area contributed by atoms with Crippen molar-refractivity contribution in [3.8, 4) is 5.75 Å². The van der Waals surface area contributed by atoms with Crippen molar-refractivity contribution in [2.24, 2.45) is 0 Å². The summed E-state index contributed by atoms with van der Waals surface area (Å²) in [5.41, 5.74) is 5.10. The van der Waals surface area contributed by atoms with Crippen molar-refractivity contribution in [2.75, 3.05) is 37.7 Å². The number of rotatable bonds is 8. The topological polar surface area (TPSA) is 50.6 Å². The van der Waals surface area contributed by atoms with Crippen molar-refractivity contribution >= 4 is 34.2 Å². The average Bonchev–Trinajstić information content (AvgIpc) is 3.35. The molecule has 0 bridgehead atoms. The molecular formula is C33H31ClN4O2. The molecule has 0 atom stereocenters. The van der Waals surface area contributed by atoms with Crippen LogP contribution in [0.4, 0.5) is 5.69 Å². The number of amides is 1. The minimum atomic E-state index is 0.0964. The Labute approximate surface area is 239 Å². The highest BCUT2D eigenvalue weighted by atomic mass is 35.5. The van der Waals surface area contributed by atoms with Crippen LogP contribution in [-0.2, 0) is 13.0 Å². The molecule has 0 unspecified atom stereocenters. The van der Waals surface area contributed by atoms with Gasteiger partial charge in [0.1, 0.15) is 11.6 Å². The first-order chi connectivity index (χ1) is 19.6. The van der Waals surface area contributed by atoms with Crippen LogP contribution in [0.25, 0.3) is 11.0 Å². The van der Waals surface area contributed by atoms with Gasteiger partial charge in [-0.3, -0.25) is 4.79 Å². The van der Waals surface area contributed by atoms with E-state index in [1.54, 1.807) is 0 Å². The lowest BCUT2D eigenvalue weighted by molar-refractivity contribution is 0.0747. The number of halogens is 1. The molecule has 5 aromatic rings. The summed E-state index contributed by atoms with van der Waals surface area (Å²) in [6.07, 6.45) is 0.687. The Morgan fingerprint density at radius 2 is 1.52 bits per heavy atom. The van der Waals surface area contributed by atoms with Gasteiger partial charge in [0, 0.05) is 55.4 Å². The molecule has 1 amide bonds. The molecule has 4 aromatic carbocycles. The van der Waals surface area contributed by atoms with Gasteiger partial charge in [0.25, 0.3) is 5.91 Å². The molecule has 0 saturated carbocycles. The first-order valence-corrected chi connectivity index (χ1v) is 14.0.